The number of nitrogens with one attached hydrogen (secondary N) is 2. The first-order valence-corrected chi connectivity index (χ1v) is 10.3. The molecule has 1 amide bonds. The Kier molecular flexibility index (Phi) is 7.33. The summed E-state index contributed by atoms with van der Waals surface area (Å²) in [5.41, 5.74) is 1.60. The lowest BCUT2D eigenvalue weighted by Gasteiger charge is -2.14. The fourth-order valence-corrected chi connectivity index (χ4v) is 3.43. The van der Waals surface area contributed by atoms with Crippen molar-refractivity contribution < 1.29 is 18.0 Å². The number of aryl methyl sites for hydroxylation is 1. The van der Waals surface area contributed by atoms with E-state index in [2.05, 4.69) is 26.1 Å². The second kappa shape index (κ2) is 9.27. The van der Waals surface area contributed by atoms with Crippen molar-refractivity contribution in [2.24, 2.45) is 0 Å². The Labute approximate surface area is 162 Å². The average molecular weight is 441 g/mol. The molecule has 140 valence electrons. The molecule has 0 radical (unpaired) electrons. The van der Waals surface area contributed by atoms with E-state index in [1.54, 1.807) is 0 Å². The predicted octanol–water partition coefficient (Wildman–Crippen LogP) is 3.04. The summed E-state index contributed by atoms with van der Waals surface area (Å²) < 4.78 is 24.6. The van der Waals surface area contributed by atoms with E-state index in [1.165, 1.54) is 36.9 Å². The summed E-state index contributed by atoms with van der Waals surface area (Å²) >= 11 is 3.40. The van der Waals surface area contributed by atoms with Crippen molar-refractivity contribution in [3.63, 3.8) is 0 Å². The van der Waals surface area contributed by atoms with Gasteiger partial charge in [-0.3, -0.25) is 9.63 Å². The topological polar surface area (TPSA) is 84.5 Å². The Morgan fingerprint density at radius 3 is 2.31 bits per heavy atom. The van der Waals surface area contributed by atoms with Gasteiger partial charge in [0.25, 0.3) is 15.9 Å². The predicted molar refractivity (Wildman–Crippen MR) is 103 cm³/mol. The zero-order valence-electron chi connectivity index (χ0n) is 14.5. The van der Waals surface area contributed by atoms with Crippen LogP contribution in [0.3, 0.4) is 0 Å². The molecule has 6 nitrogen and oxygen atoms in total. The van der Waals surface area contributed by atoms with Crippen molar-refractivity contribution in [2.45, 2.75) is 30.7 Å². The Bertz CT molecular complexity index is 836. The zero-order chi connectivity index (χ0) is 19.2. The van der Waals surface area contributed by atoms with Gasteiger partial charge >= 0.3 is 0 Å². The number of sulfonamides is 1. The van der Waals surface area contributed by atoms with Crippen LogP contribution >= 0.6 is 15.9 Å². The van der Waals surface area contributed by atoms with Gasteiger partial charge in [0, 0.05) is 16.1 Å². The standard InChI is InChI=1S/C18H21BrN2O4S/c1-13(3-4-14-5-9-16(19)10-6-14)20-18(22)15-7-11-17(12-8-15)26(23,24)21-25-2/h5-13,21H,3-4H2,1-2H3,(H,20,22). The SMILES string of the molecule is CONS(=O)(=O)c1ccc(C(=O)NC(C)CCc2ccc(Br)cc2)cc1. The highest BCUT2D eigenvalue weighted by Crippen LogP contribution is 2.13. The lowest BCUT2D eigenvalue weighted by molar-refractivity contribution is 0.0938. The van der Waals surface area contributed by atoms with Crippen molar-refractivity contribution in [2.75, 3.05) is 7.11 Å². The summed E-state index contributed by atoms with van der Waals surface area (Å²) in [5.74, 6) is -0.239. The van der Waals surface area contributed by atoms with Crippen LogP contribution in [0.25, 0.3) is 0 Å². The van der Waals surface area contributed by atoms with Gasteiger partial charge in [-0.15, -0.1) is 0 Å². The van der Waals surface area contributed by atoms with Gasteiger partial charge < -0.3 is 5.32 Å². The second-order valence-corrected chi connectivity index (χ2v) is 8.42. The van der Waals surface area contributed by atoms with Gasteiger partial charge in [-0.2, -0.15) is 0 Å². The van der Waals surface area contributed by atoms with Crippen LogP contribution in [0.1, 0.15) is 29.3 Å². The summed E-state index contributed by atoms with van der Waals surface area (Å²) in [4.78, 5) is 18.7. The van der Waals surface area contributed by atoms with Crippen molar-refractivity contribution in [3.05, 3.63) is 64.1 Å². The monoisotopic (exact) mass is 440 g/mol. The molecular formula is C18H21BrN2O4S. The van der Waals surface area contributed by atoms with Crippen molar-refractivity contribution in [3.8, 4) is 0 Å². The molecule has 0 heterocycles. The molecule has 0 aromatic heterocycles. The number of hydrogen-bond donors (Lipinski definition) is 2. The number of amides is 1. The summed E-state index contributed by atoms with van der Waals surface area (Å²) in [5, 5.41) is 2.92. The second-order valence-electron chi connectivity index (χ2n) is 5.85. The summed E-state index contributed by atoms with van der Waals surface area (Å²) in [6, 6.07) is 13.7. The Morgan fingerprint density at radius 2 is 1.73 bits per heavy atom. The Morgan fingerprint density at radius 1 is 1.12 bits per heavy atom. The number of hydrogen-bond acceptors (Lipinski definition) is 4. The lowest BCUT2D eigenvalue weighted by Crippen LogP contribution is -2.33. The number of benzene rings is 2. The summed E-state index contributed by atoms with van der Waals surface area (Å²) in [6.07, 6.45) is 1.66. The van der Waals surface area contributed by atoms with E-state index >= 15 is 0 Å². The molecule has 1 unspecified atom stereocenters. The maximum atomic E-state index is 12.3. The van der Waals surface area contributed by atoms with Crippen molar-refractivity contribution in [1.29, 1.82) is 0 Å². The average Bonchev–Trinajstić information content (AvgIpc) is 2.61. The minimum atomic E-state index is -3.73. The molecule has 2 aromatic rings. The highest BCUT2D eigenvalue weighted by Gasteiger charge is 2.15. The summed E-state index contributed by atoms with van der Waals surface area (Å²) in [6.45, 7) is 1.94. The van der Waals surface area contributed by atoms with E-state index in [4.69, 9.17) is 0 Å². The van der Waals surface area contributed by atoms with E-state index in [0.29, 0.717) is 5.56 Å². The zero-order valence-corrected chi connectivity index (χ0v) is 16.9. The van der Waals surface area contributed by atoms with E-state index in [1.807, 2.05) is 36.1 Å². The minimum Gasteiger partial charge on any atom is -0.350 e. The molecule has 8 heteroatoms. The first-order valence-electron chi connectivity index (χ1n) is 8.02. The highest BCUT2D eigenvalue weighted by atomic mass is 79.9. The van der Waals surface area contributed by atoms with Crippen LogP contribution < -0.4 is 10.2 Å². The molecule has 0 bridgehead atoms. The van der Waals surface area contributed by atoms with Gasteiger partial charge in [-0.05, 0) is 61.7 Å². The lowest BCUT2D eigenvalue weighted by atomic mass is 10.1. The molecule has 0 aliphatic rings. The normalized spacial score (nSPS) is 12.6. The first kappa shape index (κ1) is 20.6. The molecule has 1 atom stereocenters. The van der Waals surface area contributed by atoms with Crippen LogP contribution in [0.4, 0.5) is 0 Å². The van der Waals surface area contributed by atoms with Crippen LogP contribution in [0.2, 0.25) is 0 Å². The van der Waals surface area contributed by atoms with E-state index < -0.39 is 10.0 Å². The third-order valence-corrected chi connectivity index (χ3v) is 5.58. The molecule has 0 aliphatic heterocycles. The van der Waals surface area contributed by atoms with E-state index in [9.17, 15) is 13.2 Å². The maximum Gasteiger partial charge on any atom is 0.262 e. The fourth-order valence-electron chi connectivity index (χ4n) is 2.36. The number of carbonyl (C=O) groups excluding carboxylic acids is 1. The van der Waals surface area contributed by atoms with Crippen molar-refractivity contribution >= 4 is 31.9 Å². The van der Waals surface area contributed by atoms with Gasteiger partial charge in [0.15, 0.2) is 0 Å². The third-order valence-electron chi connectivity index (χ3n) is 3.78. The van der Waals surface area contributed by atoms with E-state index in [-0.39, 0.29) is 16.8 Å². The molecule has 2 N–H and O–H groups in total. The summed E-state index contributed by atoms with van der Waals surface area (Å²) in [7, 11) is -2.51. The largest absolute Gasteiger partial charge is 0.350 e. The van der Waals surface area contributed by atoms with Gasteiger partial charge in [0.2, 0.25) is 0 Å². The van der Waals surface area contributed by atoms with Crippen molar-refractivity contribution in [1.82, 2.24) is 10.2 Å². The van der Waals surface area contributed by atoms with Crippen LogP contribution in [0, 0.1) is 0 Å². The molecule has 0 saturated heterocycles. The first-order chi connectivity index (χ1) is 12.3. The molecule has 0 fully saturated rings. The minimum absolute atomic E-state index is 0.00952. The molecule has 0 spiro atoms. The number of carbonyl (C=O) groups is 1. The highest BCUT2D eigenvalue weighted by molar-refractivity contribution is 9.10. The van der Waals surface area contributed by atoms with E-state index in [0.717, 1.165) is 17.3 Å². The number of halogens is 1. The number of rotatable bonds is 8. The van der Waals surface area contributed by atoms with Crippen LogP contribution in [0.5, 0.6) is 0 Å². The molecule has 2 rings (SSSR count). The molecule has 0 aliphatic carbocycles. The van der Waals surface area contributed by atoms with Crippen LogP contribution in [-0.2, 0) is 21.3 Å². The maximum absolute atomic E-state index is 12.3. The van der Waals surface area contributed by atoms with Crippen LogP contribution in [0.15, 0.2) is 57.9 Å². The Balaban J connectivity index is 1.91. The van der Waals surface area contributed by atoms with Gasteiger partial charge in [-0.1, -0.05) is 32.9 Å². The quantitative estimate of drug-likeness (QED) is 0.617. The van der Waals surface area contributed by atoms with Gasteiger partial charge in [0.05, 0.1) is 12.0 Å². The Hall–Kier alpha value is -1.74. The molecule has 26 heavy (non-hydrogen) atoms. The molecule has 0 saturated carbocycles. The van der Waals surface area contributed by atoms with Gasteiger partial charge in [-0.25, -0.2) is 8.42 Å². The van der Waals surface area contributed by atoms with Gasteiger partial charge in [0.1, 0.15) is 0 Å². The van der Waals surface area contributed by atoms with Crippen LogP contribution in [-0.4, -0.2) is 27.5 Å². The molecular weight excluding hydrogens is 420 g/mol. The smallest absolute Gasteiger partial charge is 0.262 e. The fraction of sp³-hybridized carbons (Fsp3) is 0.278. The molecule has 2 aromatic carbocycles. The third kappa shape index (κ3) is 5.91.